The second-order valence-electron chi connectivity index (χ2n) is 6.18. The second-order valence-corrected chi connectivity index (χ2v) is 7.03. The number of nitrogens with two attached hydrogens (primary N) is 1. The second kappa shape index (κ2) is 7.66. The molecular formula is C18H18F3N5S. The molecule has 1 saturated heterocycles. The van der Waals surface area contributed by atoms with Gasteiger partial charge in [0.1, 0.15) is 17.5 Å². The number of anilines is 3. The molecule has 0 bridgehead atoms. The van der Waals surface area contributed by atoms with E-state index in [-0.39, 0.29) is 17.7 Å². The average Bonchev–Trinajstić information content (AvgIpc) is 3.07. The number of thioether (sulfide) groups is 1. The quantitative estimate of drug-likeness (QED) is 0.766. The molecule has 9 heteroatoms. The number of nitrogens with zero attached hydrogens (tertiary/aromatic N) is 3. The van der Waals surface area contributed by atoms with Crippen molar-refractivity contribution >= 4 is 29.1 Å². The zero-order valence-corrected chi connectivity index (χ0v) is 15.4. The van der Waals surface area contributed by atoms with Crippen molar-refractivity contribution in [2.45, 2.75) is 23.5 Å². The minimum absolute atomic E-state index is 0.106. The molecule has 0 radical (unpaired) electrons. The summed E-state index contributed by atoms with van der Waals surface area (Å²) < 4.78 is 40.8. The van der Waals surface area contributed by atoms with E-state index in [2.05, 4.69) is 10.3 Å². The van der Waals surface area contributed by atoms with Crippen LogP contribution in [-0.4, -0.2) is 30.4 Å². The Labute approximate surface area is 159 Å². The molecule has 3 N–H and O–H groups in total. The molecule has 1 atom stereocenters. The first kappa shape index (κ1) is 19.3. The van der Waals surface area contributed by atoms with Gasteiger partial charge in [-0.2, -0.15) is 18.4 Å². The molecular weight excluding hydrogens is 375 g/mol. The van der Waals surface area contributed by atoms with Gasteiger partial charge in [-0.25, -0.2) is 4.98 Å². The molecule has 0 unspecified atom stereocenters. The number of benzene rings is 1. The van der Waals surface area contributed by atoms with Gasteiger partial charge in [0, 0.05) is 24.0 Å². The van der Waals surface area contributed by atoms with E-state index in [0.29, 0.717) is 25.2 Å². The van der Waals surface area contributed by atoms with Crippen LogP contribution in [0.5, 0.6) is 0 Å². The summed E-state index contributed by atoms with van der Waals surface area (Å²) in [5.74, 6) is 0.0581. The highest BCUT2D eigenvalue weighted by molar-refractivity contribution is 7.98. The maximum absolute atomic E-state index is 13.6. The minimum atomic E-state index is -4.67. The molecule has 5 nitrogen and oxygen atoms in total. The Morgan fingerprint density at radius 2 is 2.11 bits per heavy atom. The SMILES string of the molecule is CSc1ccccc1Nc1nc(N2CC[C@@H](N)C2)cc(C(F)(F)F)c1C#N. The van der Waals surface area contributed by atoms with Crippen LogP contribution in [0.1, 0.15) is 17.5 Å². The van der Waals surface area contributed by atoms with E-state index in [1.165, 1.54) is 11.8 Å². The third-order valence-electron chi connectivity index (χ3n) is 4.33. The Morgan fingerprint density at radius 3 is 2.70 bits per heavy atom. The Kier molecular flexibility index (Phi) is 5.48. The van der Waals surface area contributed by atoms with Crippen LogP contribution in [0.2, 0.25) is 0 Å². The van der Waals surface area contributed by atoms with Crippen molar-refractivity contribution in [3.63, 3.8) is 0 Å². The molecule has 0 aliphatic carbocycles. The predicted molar refractivity (Wildman–Crippen MR) is 100 cm³/mol. The van der Waals surface area contributed by atoms with E-state index in [1.54, 1.807) is 23.1 Å². The fourth-order valence-corrected chi connectivity index (χ4v) is 3.55. The number of pyridine rings is 1. The van der Waals surface area contributed by atoms with Gasteiger partial charge in [0.05, 0.1) is 11.3 Å². The Hall–Kier alpha value is -2.44. The first-order chi connectivity index (χ1) is 12.8. The van der Waals surface area contributed by atoms with Gasteiger partial charge in [-0.3, -0.25) is 0 Å². The predicted octanol–water partition coefficient (Wildman–Crippen LogP) is 3.97. The smallest absolute Gasteiger partial charge is 0.355 e. The van der Waals surface area contributed by atoms with Crippen molar-refractivity contribution in [2.75, 3.05) is 29.6 Å². The maximum Gasteiger partial charge on any atom is 0.417 e. The number of hydrogen-bond acceptors (Lipinski definition) is 6. The van der Waals surface area contributed by atoms with Crippen LogP contribution in [0.25, 0.3) is 0 Å². The molecule has 3 rings (SSSR count). The van der Waals surface area contributed by atoms with E-state index >= 15 is 0 Å². The molecule has 1 aromatic heterocycles. The van der Waals surface area contributed by atoms with Gasteiger partial charge in [-0.1, -0.05) is 12.1 Å². The summed E-state index contributed by atoms with van der Waals surface area (Å²) >= 11 is 1.45. The van der Waals surface area contributed by atoms with Crippen molar-refractivity contribution in [1.29, 1.82) is 5.26 Å². The molecule has 27 heavy (non-hydrogen) atoms. The standard InChI is InChI=1S/C18H18F3N5S/c1-27-15-5-3-2-4-14(15)24-17-12(9-22)13(18(19,20)21)8-16(25-17)26-7-6-11(23)10-26/h2-5,8,11H,6-7,10,23H2,1H3,(H,24,25)/t11-/m1/s1. The highest BCUT2D eigenvalue weighted by Gasteiger charge is 2.37. The fourth-order valence-electron chi connectivity index (χ4n) is 2.99. The molecule has 142 valence electrons. The molecule has 1 fully saturated rings. The summed E-state index contributed by atoms with van der Waals surface area (Å²) in [4.78, 5) is 6.89. The van der Waals surface area contributed by atoms with Gasteiger partial charge >= 0.3 is 6.18 Å². The van der Waals surface area contributed by atoms with Crippen LogP contribution >= 0.6 is 11.8 Å². The van der Waals surface area contributed by atoms with Gasteiger partial charge in [0.15, 0.2) is 5.82 Å². The van der Waals surface area contributed by atoms with Crippen LogP contribution < -0.4 is 16.0 Å². The Bertz CT molecular complexity index is 878. The van der Waals surface area contributed by atoms with Gasteiger partial charge < -0.3 is 16.0 Å². The van der Waals surface area contributed by atoms with Crippen molar-refractivity contribution in [3.8, 4) is 6.07 Å². The van der Waals surface area contributed by atoms with Crippen molar-refractivity contribution in [1.82, 2.24) is 4.98 Å². The van der Waals surface area contributed by atoms with Crippen molar-refractivity contribution in [3.05, 3.63) is 41.5 Å². The minimum Gasteiger partial charge on any atom is -0.355 e. The van der Waals surface area contributed by atoms with E-state index < -0.39 is 17.3 Å². The van der Waals surface area contributed by atoms with Crippen molar-refractivity contribution < 1.29 is 13.2 Å². The summed E-state index contributed by atoms with van der Waals surface area (Å²) in [6, 6.07) is 9.66. The third kappa shape index (κ3) is 4.12. The molecule has 1 aromatic carbocycles. The van der Waals surface area contributed by atoms with Crippen LogP contribution in [0.3, 0.4) is 0 Å². The van der Waals surface area contributed by atoms with Crippen molar-refractivity contribution in [2.24, 2.45) is 5.73 Å². The van der Waals surface area contributed by atoms with E-state index in [1.807, 2.05) is 18.4 Å². The van der Waals surface area contributed by atoms with Gasteiger partial charge in [0.25, 0.3) is 0 Å². The summed E-state index contributed by atoms with van der Waals surface area (Å²) in [5, 5.41) is 12.3. The lowest BCUT2D eigenvalue weighted by Gasteiger charge is -2.21. The lowest BCUT2D eigenvalue weighted by molar-refractivity contribution is -0.137. The summed E-state index contributed by atoms with van der Waals surface area (Å²) in [5.41, 5.74) is 4.95. The van der Waals surface area contributed by atoms with Crippen LogP contribution in [0.4, 0.5) is 30.5 Å². The number of aromatic nitrogens is 1. The molecule has 1 aliphatic rings. The molecule has 0 saturated carbocycles. The first-order valence-electron chi connectivity index (χ1n) is 8.26. The largest absolute Gasteiger partial charge is 0.417 e. The van der Waals surface area contributed by atoms with E-state index in [4.69, 9.17) is 5.73 Å². The number of hydrogen-bond donors (Lipinski definition) is 2. The topological polar surface area (TPSA) is 78.0 Å². The normalized spacial score (nSPS) is 17.0. The van der Waals surface area contributed by atoms with Gasteiger partial charge in [-0.15, -0.1) is 11.8 Å². The molecule has 2 aromatic rings. The summed E-state index contributed by atoms with van der Waals surface area (Å²) in [6.45, 7) is 0.954. The first-order valence-corrected chi connectivity index (χ1v) is 9.49. The zero-order chi connectivity index (χ0) is 19.6. The van der Waals surface area contributed by atoms with Crippen LogP contribution in [0.15, 0.2) is 35.2 Å². The fraction of sp³-hybridized carbons (Fsp3) is 0.333. The Balaban J connectivity index is 2.12. The Morgan fingerprint density at radius 1 is 1.37 bits per heavy atom. The summed E-state index contributed by atoms with van der Waals surface area (Å²) in [7, 11) is 0. The molecule has 0 spiro atoms. The van der Waals surface area contributed by atoms with E-state index in [0.717, 1.165) is 11.0 Å². The van der Waals surface area contributed by atoms with Gasteiger partial charge in [0.2, 0.25) is 0 Å². The number of para-hydroxylation sites is 1. The number of halogens is 3. The van der Waals surface area contributed by atoms with Crippen LogP contribution in [0, 0.1) is 11.3 Å². The lowest BCUT2D eigenvalue weighted by atomic mass is 10.1. The lowest BCUT2D eigenvalue weighted by Crippen LogP contribution is -2.27. The van der Waals surface area contributed by atoms with E-state index in [9.17, 15) is 18.4 Å². The van der Waals surface area contributed by atoms with Gasteiger partial charge in [-0.05, 0) is 30.9 Å². The molecule has 0 amide bonds. The molecule has 2 heterocycles. The highest BCUT2D eigenvalue weighted by Crippen LogP contribution is 2.38. The number of rotatable bonds is 4. The molecule has 1 aliphatic heterocycles. The number of nitrogens with one attached hydrogen (secondary N) is 1. The number of nitriles is 1. The maximum atomic E-state index is 13.6. The zero-order valence-electron chi connectivity index (χ0n) is 14.5. The number of alkyl halides is 3. The van der Waals surface area contributed by atoms with Crippen LogP contribution in [-0.2, 0) is 6.18 Å². The average molecular weight is 393 g/mol. The third-order valence-corrected chi connectivity index (χ3v) is 5.13. The highest BCUT2D eigenvalue weighted by atomic mass is 32.2. The summed E-state index contributed by atoms with van der Waals surface area (Å²) in [6.07, 6.45) is -2.12. The monoisotopic (exact) mass is 393 g/mol.